The second kappa shape index (κ2) is 11.6. The Morgan fingerprint density at radius 2 is 1.56 bits per heavy atom. The van der Waals surface area contributed by atoms with Crippen molar-refractivity contribution in [3.8, 4) is 0 Å². The number of allylic oxidation sites excluding steroid dienone is 2. The van der Waals surface area contributed by atoms with Crippen LogP contribution < -0.4 is 5.06 Å². The molecule has 1 aliphatic carbocycles. The van der Waals surface area contributed by atoms with E-state index in [0.717, 1.165) is 44.0 Å². The smallest absolute Gasteiger partial charge is 0.336 e. The number of halogens is 1. The fraction of sp³-hybridized carbons (Fsp3) is 0.121. The first-order valence-corrected chi connectivity index (χ1v) is 14.2. The van der Waals surface area contributed by atoms with Gasteiger partial charge in [-0.3, -0.25) is 4.21 Å². The second-order valence-electron chi connectivity index (χ2n) is 9.37. The van der Waals surface area contributed by atoms with Crippen LogP contribution in [-0.2, 0) is 27.0 Å². The lowest BCUT2D eigenvalue weighted by Crippen LogP contribution is -2.26. The van der Waals surface area contributed by atoms with Crippen molar-refractivity contribution in [1.82, 2.24) is 0 Å². The minimum Gasteiger partial charge on any atom is -0.340 e. The summed E-state index contributed by atoms with van der Waals surface area (Å²) in [6, 6.07) is 31.4. The summed E-state index contributed by atoms with van der Waals surface area (Å²) in [5, 5.41) is 1.59. The first kappa shape index (κ1) is 26.3. The van der Waals surface area contributed by atoms with Crippen LogP contribution in [0, 0.1) is 5.82 Å². The SMILES string of the molecule is CC1=C(CC(=O)ON(Cc2ccccc2)c2ccccc2)c2cc(F)ccc2C1=Cc1ccc(S(C)=O)cc1. The van der Waals surface area contributed by atoms with Gasteiger partial charge in [-0.05, 0) is 88.4 Å². The lowest BCUT2D eigenvalue weighted by molar-refractivity contribution is -0.144. The van der Waals surface area contributed by atoms with E-state index in [1.54, 1.807) is 17.4 Å². The maximum atomic E-state index is 14.4. The minimum absolute atomic E-state index is 0.00843. The molecule has 0 saturated heterocycles. The summed E-state index contributed by atoms with van der Waals surface area (Å²) < 4.78 is 26.1. The van der Waals surface area contributed by atoms with Crippen LogP contribution in [0.15, 0.2) is 114 Å². The highest BCUT2D eigenvalue weighted by atomic mass is 32.2. The minimum atomic E-state index is -1.06. The van der Waals surface area contributed by atoms with Crippen LogP contribution in [0.25, 0.3) is 17.2 Å². The zero-order chi connectivity index (χ0) is 27.4. The van der Waals surface area contributed by atoms with Crippen molar-refractivity contribution in [2.75, 3.05) is 11.3 Å². The van der Waals surface area contributed by atoms with Crippen molar-refractivity contribution in [3.63, 3.8) is 0 Å². The summed E-state index contributed by atoms with van der Waals surface area (Å²) in [6.07, 6.45) is 3.65. The summed E-state index contributed by atoms with van der Waals surface area (Å²) in [5.74, 6) is -0.797. The van der Waals surface area contributed by atoms with Gasteiger partial charge in [0.2, 0.25) is 0 Å². The third kappa shape index (κ3) is 6.07. The molecule has 0 spiro atoms. The maximum Gasteiger partial charge on any atom is 0.336 e. The third-order valence-corrected chi connectivity index (χ3v) is 7.66. The van der Waals surface area contributed by atoms with Gasteiger partial charge in [0, 0.05) is 22.0 Å². The average molecular weight is 538 g/mol. The first-order valence-electron chi connectivity index (χ1n) is 12.6. The topological polar surface area (TPSA) is 46.6 Å². The van der Waals surface area contributed by atoms with E-state index in [2.05, 4.69) is 0 Å². The summed E-state index contributed by atoms with van der Waals surface area (Å²) in [4.78, 5) is 20.0. The summed E-state index contributed by atoms with van der Waals surface area (Å²) in [7, 11) is -1.06. The molecule has 0 heterocycles. The van der Waals surface area contributed by atoms with Gasteiger partial charge in [-0.15, -0.1) is 0 Å². The number of carbonyl (C=O) groups excluding carboxylic acids is 1. The molecule has 39 heavy (non-hydrogen) atoms. The van der Waals surface area contributed by atoms with Gasteiger partial charge < -0.3 is 4.84 Å². The van der Waals surface area contributed by atoms with Crippen LogP contribution in [0.1, 0.15) is 35.6 Å². The molecule has 1 atom stereocenters. The number of hydroxylamine groups is 1. The number of carbonyl (C=O) groups is 1. The molecule has 0 N–H and O–H groups in total. The molecule has 0 bridgehead atoms. The van der Waals surface area contributed by atoms with Crippen molar-refractivity contribution in [1.29, 1.82) is 0 Å². The van der Waals surface area contributed by atoms with Crippen molar-refractivity contribution in [2.45, 2.75) is 24.8 Å². The number of hydrogen-bond donors (Lipinski definition) is 0. The Kier molecular flexibility index (Phi) is 7.84. The number of rotatable bonds is 8. The van der Waals surface area contributed by atoms with Crippen molar-refractivity contribution in [2.24, 2.45) is 0 Å². The molecule has 4 nitrogen and oxygen atoms in total. The largest absolute Gasteiger partial charge is 0.340 e. The molecule has 4 aromatic carbocycles. The number of benzene rings is 4. The fourth-order valence-electron chi connectivity index (χ4n) is 4.72. The van der Waals surface area contributed by atoms with Crippen LogP contribution in [0.4, 0.5) is 10.1 Å². The monoisotopic (exact) mass is 537 g/mol. The predicted molar refractivity (Wildman–Crippen MR) is 155 cm³/mol. The molecule has 0 aromatic heterocycles. The molecular weight excluding hydrogens is 509 g/mol. The summed E-state index contributed by atoms with van der Waals surface area (Å²) >= 11 is 0. The van der Waals surface area contributed by atoms with Gasteiger partial charge in [-0.25, -0.2) is 14.2 Å². The van der Waals surface area contributed by atoms with Gasteiger partial charge in [0.1, 0.15) is 5.82 Å². The Morgan fingerprint density at radius 3 is 2.23 bits per heavy atom. The number of fused-ring (bicyclic) bond motifs is 1. The van der Waals surface area contributed by atoms with E-state index in [1.165, 1.54) is 12.1 Å². The number of para-hydroxylation sites is 1. The number of nitrogens with zero attached hydrogens (tertiary/aromatic N) is 1. The van der Waals surface area contributed by atoms with Crippen LogP contribution >= 0.6 is 0 Å². The molecule has 4 aromatic rings. The van der Waals surface area contributed by atoms with Crippen molar-refractivity contribution < 1.29 is 18.2 Å². The van der Waals surface area contributed by atoms with E-state index < -0.39 is 16.8 Å². The Morgan fingerprint density at radius 1 is 0.897 bits per heavy atom. The molecule has 0 amide bonds. The second-order valence-corrected chi connectivity index (χ2v) is 10.8. The Balaban J connectivity index is 1.44. The van der Waals surface area contributed by atoms with Gasteiger partial charge in [0.15, 0.2) is 0 Å². The zero-order valence-corrected chi connectivity index (χ0v) is 22.6. The standard InChI is InChI=1S/C33H28FNO3S/c1-23-30(19-24-13-16-28(17-14-24)39(2)37)29-18-15-26(34)20-32(29)31(23)21-33(36)38-35(27-11-7-4-8-12-27)22-25-9-5-3-6-10-25/h3-20H,21-22H2,1-2H3. The Hall–Kier alpha value is -4.29. The van der Waals surface area contributed by atoms with E-state index >= 15 is 0 Å². The van der Waals surface area contributed by atoms with Gasteiger partial charge in [-0.1, -0.05) is 66.7 Å². The van der Waals surface area contributed by atoms with E-state index in [0.29, 0.717) is 12.1 Å². The zero-order valence-electron chi connectivity index (χ0n) is 21.8. The number of anilines is 1. The Labute approximate surface area is 230 Å². The maximum absolute atomic E-state index is 14.4. The Bertz CT molecular complexity index is 1580. The molecule has 1 aliphatic rings. The highest BCUT2D eigenvalue weighted by Crippen LogP contribution is 2.44. The molecule has 5 rings (SSSR count). The lowest BCUT2D eigenvalue weighted by atomic mass is 10.0. The molecular formula is C33H28FNO3S. The van der Waals surface area contributed by atoms with E-state index in [1.807, 2.05) is 97.9 Å². The summed E-state index contributed by atoms with van der Waals surface area (Å²) in [5.41, 5.74) is 6.79. The van der Waals surface area contributed by atoms with Crippen LogP contribution in [-0.4, -0.2) is 16.4 Å². The van der Waals surface area contributed by atoms with E-state index in [9.17, 15) is 13.4 Å². The van der Waals surface area contributed by atoms with E-state index in [-0.39, 0.29) is 12.2 Å². The van der Waals surface area contributed by atoms with Crippen molar-refractivity contribution in [3.05, 3.63) is 137 Å². The van der Waals surface area contributed by atoms with Crippen LogP contribution in [0.5, 0.6) is 0 Å². The highest BCUT2D eigenvalue weighted by molar-refractivity contribution is 7.84. The molecule has 6 heteroatoms. The van der Waals surface area contributed by atoms with Crippen LogP contribution in [0.3, 0.4) is 0 Å². The van der Waals surface area contributed by atoms with Crippen LogP contribution in [0.2, 0.25) is 0 Å². The quantitative estimate of drug-likeness (QED) is 0.219. The molecule has 0 aliphatic heterocycles. The normalized spacial score (nSPS) is 14.3. The molecule has 0 saturated carbocycles. The third-order valence-electron chi connectivity index (χ3n) is 6.72. The predicted octanol–water partition coefficient (Wildman–Crippen LogP) is 7.45. The first-order chi connectivity index (χ1) is 18.9. The lowest BCUT2D eigenvalue weighted by Gasteiger charge is -2.23. The molecule has 0 radical (unpaired) electrons. The van der Waals surface area contributed by atoms with E-state index in [4.69, 9.17) is 4.84 Å². The molecule has 0 fully saturated rings. The van der Waals surface area contributed by atoms with Gasteiger partial charge in [-0.2, -0.15) is 0 Å². The fourth-order valence-corrected chi connectivity index (χ4v) is 5.24. The molecule has 196 valence electrons. The molecule has 1 unspecified atom stereocenters. The average Bonchev–Trinajstić information content (AvgIpc) is 3.19. The number of hydrogen-bond acceptors (Lipinski definition) is 4. The van der Waals surface area contributed by atoms with Gasteiger partial charge >= 0.3 is 5.97 Å². The van der Waals surface area contributed by atoms with Gasteiger partial charge in [0.25, 0.3) is 0 Å². The van der Waals surface area contributed by atoms with Gasteiger partial charge in [0.05, 0.1) is 18.7 Å². The summed E-state index contributed by atoms with van der Waals surface area (Å²) in [6.45, 7) is 2.34. The highest BCUT2D eigenvalue weighted by Gasteiger charge is 2.27. The van der Waals surface area contributed by atoms with Crippen molar-refractivity contribution >= 4 is 39.7 Å².